The van der Waals surface area contributed by atoms with E-state index in [1.807, 2.05) is 18.2 Å². The predicted octanol–water partition coefficient (Wildman–Crippen LogP) is 0.0633. The second-order valence-corrected chi connectivity index (χ2v) is 4.69. The lowest BCUT2D eigenvalue weighted by Crippen LogP contribution is -2.60. The molecule has 1 aromatic carbocycles. The van der Waals surface area contributed by atoms with Crippen molar-refractivity contribution < 1.29 is 19.1 Å². The summed E-state index contributed by atoms with van der Waals surface area (Å²) in [7, 11) is 4.36. The third-order valence-electron chi connectivity index (χ3n) is 3.45. The van der Waals surface area contributed by atoms with E-state index < -0.39 is 17.9 Å². The topological polar surface area (TPSA) is 66.9 Å². The fourth-order valence-corrected chi connectivity index (χ4v) is 2.17. The number of nitrogens with zero attached hydrogens (tertiary/aromatic N) is 2. The van der Waals surface area contributed by atoms with Crippen LogP contribution in [-0.4, -0.2) is 54.8 Å². The second-order valence-electron chi connectivity index (χ2n) is 4.69. The maximum atomic E-state index is 12.1. The summed E-state index contributed by atoms with van der Waals surface area (Å²) in [5.74, 6) is -1.15. The molecule has 1 aliphatic heterocycles. The molecule has 1 heterocycles. The van der Waals surface area contributed by atoms with Crippen LogP contribution < -0.4 is 4.74 Å². The Labute approximate surface area is 116 Å². The van der Waals surface area contributed by atoms with E-state index in [0.717, 1.165) is 10.5 Å². The Balaban J connectivity index is 2.24. The SMILES string of the molecule is COc1cccc(CC2C(=O)N(C)C(=O)C(=O)N2C)c1. The number of amides is 3. The molecule has 0 spiro atoms. The number of likely N-dealkylation sites (N-methyl/N-ethyl adjacent to an activating group) is 2. The van der Waals surface area contributed by atoms with Crippen LogP contribution in [0.25, 0.3) is 0 Å². The van der Waals surface area contributed by atoms with Crippen LogP contribution in [0.3, 0.4) is 0 Å². The highest BCUT2D eigenvalue weighted by Gasteiger charge is 2.41. The summed E-state index contributed by atoms with van der Waals surface area (Å²) in [4.78, 5) is 37.5. The summed E-state index contributed by atoms with van der Waals surface area (Å²) in [6, 6.07) is 6.61. The Bertz CT molecular complexity index is 570. The zero-order valence-corrected chi connectivity index (χ0v) is 11.6. The molecular weight excluding hydrogens is 260 g/mol. The molecule has 6 heteroatoms. The summed E-state index contributed by atoms with van der Waals surface area (Å²) >= 11 is 0. The summed E-state index contributed by atoms with van der Waals surface area (Å²) in [5, 5.41) is 0. The number of ether oxygens (including phenoxy) is 1. The van der Waals surface area contributed by atoms with Crippen molar-refractivity contribution in [2.45, 2.75) is 12.5 Å². The number of rotatable bonds is 3. The molecule has 1 aromatic rings. The molecule has 0 radical (unpaired) electrons. The van der Waals surface area contributed by atoms with Crippen LogP contribution in [0.5, 0.6) is 5.75 Å². The lowest BCUT2D eigenvalue weighted by molar-refractivity contribution is -0.165. The summed E-state index contributed by atoms with van der Waals surface area (Å²) in [6.07, 6.45) is 0.343. The zero-order valence-electron chi connectivity index (χ0n) is 11.6. The van der Waals surface area contributed by atoms with Crippen LogP contribution in [0.4, 0.5) is 0 Å². The molecule has 1 saturated heterocycles. The molecule has 0 aliphatic carbocycles. The predicted molar refractivity (Wildman–Crippen MR) is 71.0 cm³/mol. The van der Waals surface area contributed by atoms with Crippen molar-refractivity contribution in [2.24, 2.45) is 0 Å². The number of imide groups is 1. The van der Waals surface area contributed by atoms with E-state index in [2.05, 4.69) is 0 Å². The summed E-state index contributed by atoms with van der Waals surface area (Å²) in [6.45, 7) is 0. The summed E-state index contributed by atoms with van der Waals surface area (Å²) < 4.78 is 5.13. The van der Waals surface area contributed by atoms with Gasteiger partial charge in [0.15, 0.2) is 0 Å². The number of hydrogen-bond donors (Lipinski definition) is 0. The smallest absolute Gasteiger partial charge is 0.318 e. The lowest BCUT2D eigenvalue weighted by atomic mass is 10.0. The van der Waals surface area contributed by atoms with Gasteiger partial charge in [0.05, 0.1) is 7.11 Å². The van der Waals surface area contributed by atoms with Gasteiger partial charge in [-0.3, -0.25) is 19.3 Å². The highest BCUT2D eigenvalue weighted by Crippen LogP contribution is 2.19. The highest BCUT2D eigenvalue weighted by atomic mass is 16.5. The average molecular weight is 276 g/mol. The van der Waals surface area contributed by atoms with Gasteiger partial charge < -0.3 is 9.64 Å². The standard InChI is InChI=1S/C14H16N2O4/c1-15-11(12(17)16(2)14(19)13(15)18)8-9-5-4-6-10(7-9)20-3/h4-7,11H,8H2,1-3H3. The minimum Gasteiger partial charge on any atom is -0.497 e. The number of carbonyl (C=O) groups is 3. The first kappa shape index (κ1) is 14.0. The highest BCUT2D eigenvalue weighted by molar-refractivity contribution is 6.39. The van der Waals surface area contributed by atoms with Gasteiger partial charge in [-0.2, -0.15) is 0 Å². The minimum absolute atomic E-state index is 0.343. The van der Waals surface area contributed by atoms with Gasteiger partial charge in [0, 0.05) is 20.5 Å². The van der Waals surface area contributed by atoms with Gasteiger partial charge in [-0.25, -0.2) is 0 Å². The molecule has 0 aromatic heterocycles. The molecule has 1 unspecified atom stereocenters. The monoisotopic (exact) mass is 276 g/mol. The zero-order chi connectivity index (χ0) is 14.9. The number of piperazine rings is 1. The van der Waals surface area contributed by atoms with Crippen molar-refractivity contribution in [3.8, 4) is 5.75 Å². The normalized spacial score (nSPS) is 19.6. The summed E-state index contributed by atoms with van der Waals surface area (Å²) in [5.41, 5.74) is 0.866. The van der Waals surface area contributed by atoms with Crippen molar-refractivity contribution >= 4 is 17.7 Å². The quantitative estimate of drug-likeness (QED) is 0.578. The molecule has 0 N–H and O–H groups in total. The molecule has 3 amide bonds. The first-order valence-electron chi connectivity index (χ1n) is 6.17. The van der Waals surface area contributed by atoms with Crippen LogP contribution in [0.2, 0.25) is 0 Å². The fourth-order valence-electron chi connectivity index (χ4n) is 2.17. The van der Waals surface area contributed by atoms with Gasteiger partial charge in [-0.1, -0.05) is 12.1 Å². The molecule has 1 atom stereocenters. The van der Waals surface area contributed by atoms with Gasteiger partial charge in [0.25, 0.3) is 5.91 Å². The first-order valence-corrected chi connectivity index (χ1v) is 6.17. The lowest BCUT2D eigenvalue weighted by Gasteiger charge is -2.34. The molecular formula is C14H16N2O4. The second kappa shape index (κ2) is 5.32. The van der Waals surface area contributed by atoms with E-state index >= 15 is 0 Å². The number of carbonyl (C=O) groups excluding carboxylic acids is 3. The Kier molecular flexibility index (Phi) is 3.74. The molecule has 2 rings (SSSR count). The van der Waals surface area contributed by atoms with E-state index in [0.29, 0.717) is 12.2 Å². The Morgan fingerprint density at radius 3 is 2.50 bits per heavy atom. The van der Waals surface area contributed by atoms with E-state index in [-0.39, 0.29) is 5.91 Å². The van der Waals surface area contributed by atoms with Crippen LogP contribution in [0.15, 0.2) is 24.3 Å². The third-order valence-corrected chi connectivity index (χ3v) is 3.45. The molecule has 1 fully saturated rings. The first-order chi connectivity index (χ1) is 9.45. The van der Waals surface area contributed by atoms with E-state index in [1.165, 1.54) is 19.0 Å². The van der Waals surface area contributed by atoms with Gasteiger partial charge in [0.2, 0.25) is 0 Å². The van der Waals surface area contributed by atoms with Crippen LogP contribution >= 0.6 is 0 Å². The van der Waals surface area contributed by atoms with E-state index in [9.17, 15) is 14.4 Å². The van der Waals surface area contributed by atoms with Gasteiger partial charge in [0.1, 0.15) is 11.8 Å². The van der Waals surface area contributed by atoms with Crippen LogP contribution in [0.1, 0.15) is 5.56 Å². The van der Waals surface area contributed by atoms with Gasteiger partial charge in [-0.15, -0.1) is 0 Å². The third kappa shape index (κ3) is 2.36. The van der Waals surface area contributed by atoms with Gasteiger partial charge >= 0.3 is 11.8 Å². The number of methoxy groups -OCH3 is 1. The maximum absolute atomic E-state index is 12.1. The largest absolute Gasteiger partial charge is 0.497 e. The Morgan fingerprint density at radius 1 is 1.15 bits per heavy atom. The van der Waals surface area contributed by atoms with Crippen LogP contribution in [-0.2, 0) is 20.8 Å². The molecule has 6 nitrogen and oxygen atoms in total. The average Bonchev–Trinajstić information content (AvgIpc) is 2.48. The fraction of sp³-hybridized carbons (Fsp3) is 0.357. The van der Waals surface area contributed by atoms with Crippen molar-refractivity contribution in [1.29, 1.82) is 0 Å². The van der Waals surface area contributed by atoms with Crippen molar-refractivity contribution in [3.63, 3.8) is 0 Å². The van der Waals surface area contributed by atoms with Crippen molar-refractivity contribution in [3.05, 3.63) is 29.8 Å². The van der Waals surface area contributed by atoms with E-state index in [4.69, 9.17) is 4.74 Å². The van der Waals surface area contributed by atoms with E-state index in [1.54, 1.807) is 13.2 Å². The Hall–Kier alpha value is -2.37. The molecule has 0 bridgehead atoms. The molecule has 106 valence electrons. The maximum Gasteiger partial charge on any atom is 0.318 e. The number of benzene rings is 1. The van der Waals surface area contributed by atoms with Crippen molar-refractivity contribution in [2.75, 3.05) is 21.2 Å². The number of hydrogen-bond acceptors (Lipinski definition) is 4. The molecule has 20 heavy (non-hydrogen) atoms. The minimum atomic E-state index is -0.792. The molecule has 0 saturated carbocycles. The van der Waals surface area contributed by atoms with Crippen LogP contribution in [0, 0.1) is 0 Å². The molecule has 1 aliphatic rings. The Morgan fingerprint density at radius 2 is 1.85 bits per heavy atom. The van der Waals surface area contributed by atoms with Crippen molar-refractivity contribution in [1.82, 2.24) is 9.80 Å². The van der Waals surface area contributed by atoms with Gasteiger partial charge in [-0.05, 0) is 17.7 Å².